The molecule has 1 aromatic carbocycles. The molecule has 0 bridgehead atoms. The van der Waals surface area contributed by atoms with E-state index in [4.69, 9.17) is 0 Å². The van der Waals surface area contributed by atoms with Gasteiger partial charge in [0.25, 0.3) is 0 Å². The van der Waals surface area contributed by atoms with Crippen LogP contribution in [0.5, 0.6) is 0 Å². The van der Waals surface area contributed by atoms with Crippen LogP contribution in [0.25, 0.3) is 11.3 Å². The summed E-state index contributed by atoms with van der Waals surface area (Å²) in [5.41, 5.74) is 1.97. The molecular formula is C14H14N2O. The minimum Gasteiger partial charge on any atom is -0.300 e. The molecule has 0 aliphatic heterocycles. The van der Waals surface area contributed by atoms with Gasteiger partial charge in [0.05, 0.1) is 5.69 Å². The van der Waals surface area contributed by atoms with Crippen molar-refractivity contribution in [3.8, 4) is 11.3 Å². The maximum atomic E-state index is 10.9. The van der Waals surface area contributed by atoms with Crippen LogP contribution in [0.15, 0.2) is 42.6 Å². The fraction of sp³-hybridized carbons (Fsp3) is 0.214. The molecule has 0 saturated carbocycles. The normalized spacial score (nSPS) is 10.2. The highest BCUT2D eigenvalue weighted by molar-refractivity contribution is 5.75. The zero-order chi connectivity index (χ0) is 12.1. The molecule has 1 heterocycles. The van der Waals surface area contributed by atoms with Gasteiger partial charge in [-0.05, 0) is 13.0 Å². The molecule has 86 valence electrons. The Kier molecular flexibility index (Phi) is 3.60. The molecule has 3 nitrogen and oxygen atoms in total. The lowest BCUT2D eigenvalue weighted by molar-refractivity contribution is -0.117. The number of hydrogen-bond donors (Lipinski definition) is 0. The average Bonchev–Trinajstić information content (AvgIpc) is 2.38. The van der Waals surface area contributed by atoms with E-state index in [1.54, 1.807) is 13.1 Å². The van der Waals surface area contributed by atoms with Gasteiger partial charge in [0.15, 0.2) is 0 Å². The smallest absolute Gasteiger partial charge is 0.130 e. The van der Waals surface area contributed by atoms with E-state index in [1.165, 1.54) is 0 Å². The molecular weight excluding hydrogens is 212 g/mol. The number of Topliss-reactive ketones (excluding diaryl/α,β-unsaturated/α-hetero) is 1. The molecule has 2 aromatic rings. The van der Waals surface area contributed by atoms with Gasteiger partial charge in [-0.15, -0.1) is 0 Å². The molecule has 2 rings (SSSR count). The van der Waals surface area contributed by atoms with Crippen LogP contribution in [0, 0.1) is 0 Å². The summed E-state index contributed by atoms with van der Waals surface area (Å²) in [4.78, 5) is 19.5. The maximum Gasteiger partial charge on any atom is 0.130 e. The summed E-state index contributed by atoms with van der Waals surface area (Å²) >= 11 is 0. The van der Waals surface area contributed by atoms with Gasteiger partial charge in [0, 0.05) is 24.6 Å². The van der Waals surface area contributed by atoms with E-state index in [0.717, 1.165) is 17.1 Å². The highest BCUT2D eigenvalue weighted by Crippen LogP contribution is 2.15. The second kappa shape index (κ2) is 5.34. The summed E-state index contributed by atoms with van der Waals surface area (Å²) in [6, 6.07) is 11.8. The van der Waals surface area contributed by atoms with Crippen LogP contribution < -0.4 is 0 Å². The van der Waals surface area contributed by atoms with Crippen molar-refractivity contribution >= 4 is 5.78 Å². The first-order chi connectivity index (χ1) is 8.25. The van der Waals surface area contributed by atoms with E-state index in [0.29, 0.717) is 12.8 Å². The Morgan fingerprint density at radius 3 is 2.65 bits per heavy atom. The molecule has 0 spiro atoms. The van der Waals surface area contributed by atoms with Crippen molar-refractivity contribution < 1.29 is 4.79 Å². The minimum atomic E-state index is 0.165. The number of benzene rings is 1. The monoisotopic (exact) mass is 226 g/mol. The summed E-state index contributed by atoms with van der Waals surface area (Å²) in [7, 11) is 0. The number of aromatic nitrogens is 2. The topological polar surface area (TPSA) is 42.9 Å². The van der Waals surface area contributed by atoms with Crippen molar-refractivity contribution in [1.82, 2.24) is 9.97 Å². The number of carbonyl (C=O) groups is 1. The minimum absolute atomic E-state index is 0.165. The first kappa shape index (κ1) is 11.5. The van der Waals surface area contributed by atoms with E-state index in [-0.39, 0.29) is 5.78 Å². The van der Waals surface area contributed by atoms with Crippen molar-refractivity contribution in [2.45, 2.75) is 19.8 Å². The van der Waals surface area contributed by atoms with Crippen LogP contribution in [0.3, 0.4) is 0 Å². The average molecular weight is 226 g/mol. The van der Waals surface area contributed by atoms with Gasteiger partial charge in [-0.25, -0.2) is 9.97 Å². The van der Waals surface area contributed by atoms with Crippen LogP contribution in [-0.4, -0.2) is 15.8 Å². The summed E-state index contributed by atoms with van der Waals surface area (Å²) in [6.07, 6.45) is 2.85. The fourth-order valence-electron chi connectivity index (χ4n) is 1.58. The number of ketones is 1. The maximum absolute atomic E-state index is 10.9. The Morgan fingerprint density at radius 1 is 1.18 bits per heavy atom. The number of rotatable bonds is 4. The van der Waals surface area contributed by atoms with E-state index in [2.05, 4.69) is 9.97 Å². The van der Waals surface area contributed by atoms with Crippen molar-refractivity contribution in [2.24, 2.45) is 0 Å². The third kappa shape index (κ3) is 3.21. The predicted octanol–water partition coefficient (Wildman–Crippen LogP) is 2.67. The lowest BCUT2D eigenvalue weighted by Gasteiger charge is -2.02. The van der Waals surface area contributed by atoms with Gasteiger partial charge in [-0.1, -0.05) is 30.3 Å². The number of carbonyl (C=O) groups excluding carboxylic acids is 1. The quantitative estimate of drug-likeness (QED) is 0.805. The van der Waals surface area contributed by atoms with Gasteiger partial charge < -0.3 is 4.79 Å². The first-order valence-electron chi connectivity index (χ1n) is 5.62. The molecule has 0 atom stereocenters. The second-order valence-corrected chi connectivity index (χ2v) is 3.93. The van der Waals surface area contributed by atoms with Gasteiger partial charge in [0.1, 0.15) is 11.6 Å². The Balaban J connectivity index is 2.20. The van der Waals surface area contributed by atoms with E-state index in [1.807, 2.05) is 36.4 Å². The van der Waals surface area contributed by atoms with Crippen LogP contribution in [-0.2, 0) is 11.2 Å². The Hall–Kier alpha value is -2.03. The Bertz CT molecular complexity index is 509. The van der Waals surface area contributed by atoms with Crippen LogP contribution >= 0.6 is 0 Å². The molecule has 0 N–H and O–H groups in total. The Morgan fingerprint density at radius 2 is 1.94 bits per heavy atom. The predicted molar refractivity (Wildman–Crippen MR) is 66.5 cm³/mol. The SMILES string of the molecule is CC(=O)CCc1nccc(-c2ccccc2)n1. The molecule has 0 unspecified atom stereocenters. The first-order valence-corrected chi connectivity index (χ1v) is 5.62. The van der Waals surface area contributed by atoms with Crippen LogP contribution in [0.2, 0.25) is 0 Å². The standard InChI is InChI=1S/C14H14N2O/c1-11(17)7-8-14-15-10-9-13(16-14)12-5-3-2-4-6-12/h2-6,9-10H,7-8H2,1H3. The summed E-state index contributed by atoms with van der Waals surface area (Å²) in [6.45, 7) is 1.58. The largest absolute Gasteiger partial charge is 0.300 e. The summed E-state index contributed by atoms with van der Waals surface area (Å²) in [5, 5.41) is 0. The van der Waals surface area contributed by atoms with E-state index in [9.17, 15) is 4.79 Å². The van der Waals surface area contributed by atoms with Crippen LogP contribution in [0.4, 0.5) is 0 Å². The zero-order valence-electron chi connectivity index (χ0n) is 9.76. The van der Waals surface area contributed by atoms with Gasteiger partial charge >= 0.3 is 0 Å². The molecule has 1 aromatic heterocycles. The lowest BCUT2D eigenvalue weighted by atomic mass is 10.1. The number of aryl methyl sites for hydroxylation is 1. The highest BCUT2D eigenvalue weighted by atomic mass is 16.1. The molecule has 3 heteroatoms. The van der Waals surface area contributed by atoms with Crippen LogP contribution in [0.1, 0.15) is 19.2 Å². The third-order valence-corrected chi connectivity index (χ3v) is 2.48. The van der Waals surface area contributed by atoms with Gasteiger partial charge in [-0.3, -0.25) is 0 Å². The molecule has 0 saturated heterocycles. The number of nitrogens with zero attached hydrogens (tertiary/aromatic N) is 2. The van der Waals surface area contributed by atoms with E-state index < -0.39 is 0 Å². The fourth-order valence-corrected chi connectivity index (χ4v) is 1.58. The molecule has 0 aliphatic rings. The molecule has 0 fully saturated rings. The zero-order valence-corrected chi connectivity index (χ0v) is 9.76. The van der Waals surface area contributed by atoms with Crippen molar-refractivity contribution in [1.29, 1.82) is 0 Å². The molecule has 0 aliphatic carbocycles. The Labute approximate surface area is 101 Å². The van der Waals surface area contributed by atoms with Crippen molar-refractivity contribution in [2.75, 3.05) is 0 Å². The molecule has 17 heavy (non-hydrogen) atoms. The second-order valence-electron chi connectivity index (χ2n) is 3.93. The highest BCUT2D eigenvalue weighted by Gasteiger charge is 2.03. The molecule has 0 radical (unpaired) electrons. The lowest BCUT2D eigenvalue weighted by Crippen LogP contribution is -2.00. The van der Waals surface area contributed by atoms with Crippen molar-refractivity contribution in [3.63, 3.8) is 0 Å². The van der Waals surface area contributed by atoms with Gasteiger partial charge in [-0.2, -0.15) is 0 Å². The van der Waals surface area contributed by atoms with Crippen molar-refractivity contribution in [3.05, 3.63) is 48.4 Å². The van der Waals surface area contributed by atoms with Gasteiger partial charge in [0.2, 0.25) is 0 Å². The van der Waals surface area contributed by atoms with E-state index >= 15 is 0 Å². The molecule has 0 amide bonds. The summed E-state index contributed by atoms with van der Waals surface area (Å²) < 4.78 is 0. The number of hydrogen-bond acceptors (Lipinski definition) is 3. The third-order valence-electron chi connectivity index (χ3n) is 2.48. The summed E-state index contributed by atoms with van der Waals surface area (Å²) in [5.74, 6) is 0.889.